The highest BCUT2D eigenvalue weighted by molar-refractivity contribution is 7.92. The minimum atomic E-state index is -3.74. The van der Waals surface area contributed by atoms with E-state index in [9.17, 15) is 18.0 Å². The Kier molecular flexibility index (Phi) is 9.73. The Morgan fingerprint density at radius 2 is 1.61 bits per heavy atom. The van der Waals surface area contributed by atoms with Crippen LogP contribution in [0.4, 0.5) is 5.69 Å². The number of hydrogen-bond acceptors (Lipinski definition) is 4. The van der Waals surface area contributed by atoms with Crippen LogP contribution in [0.3, 0.4) is 0 Å². The normalized spacial score (nSPS) is 13.1. The van der Waals surface area contributed by atoms with Gasteiger partial charge in [0.05, 0.1) is 11.9 Å². The zero-order valence-corrected chi connectivity index (χ0v) is 21.1. The molecule has 0 aliphatic rings. The molecule has 0 unspecified atom stereocenters. The van der Waals surface area contributed by atoms with E-state index in [-0.39, 0.29) is 18.5 Å². The number of carbonyl (C=O) groups excluding carboxylic acids is 2. The summed E-state index contributed by atoms with van der Waals surface area (Å²) in [6.07, 6.45) is 2.16. The maximum atomic E-state index is 13.5. The van der Waals surface area contributed by atoms with Gasteiger partial charge in [0.25, 0.3) is 0 Å². The maximum absolute atomic E-state index is 13.5. The van der Waals surface area contributed by atoms with Crippen LogP contribution in [0.1, 0.15) is 39.2 Å². The Balaban J connectivity index is 2.43. The van der Waals surface area contributed by atoms with Gasteiger partial charge in [-0.25, -0.2) is 8.42 Å². The Morgan fingerprint density at radius 1 is 1.00 bits per heavy atom. The molecule has 0 saturated carbocycles. The minimum absolute atomic E-state index is 0.0550. The predicted molar refractivity (Wildman–Crippen MR) is 133 cm³/mol. The molecule has 0 fully saturated rings. The van der Waals surface area contributed by atoms with Crippen LogP contribution in [0.25, 0.3) is 0 Å². The fourth-order valence-electron chi connectivity index (χ4n) is 3.38. The van der Waals surface area contributed by atoms with Gasteiger partial charge >= 0.3 is 0 Å². The lowest BCUT2D eigenvalue weighted by molar-refractivity contribution is -0.140. The molecule has 0 heterocycles. The number of amides is 2. The molecule has 2 aromatic carbocycles. The molecule has 2 aromatic rings. The third kappa shape index (κ3) is 7.47. The largest absolute Gasteiger partial charge is 0.352 e. The fraction of sp³-hybridized carbons (Fsp3) is 0.417. The quantitative estimate of drug-likeness (QED) is 0.515. The molecule has 180 valence electrons. The summed E-state index contributed by atoms with van der Waals surface area (Å²) < 4.78 is 26.1. The van der Waals surface area contributed by atoms with Crippen LogP contribution in [0.15, 0.2) is 54.6 Å². The van der Waals surface area contributed by atoms with Gasteiger partial charge in [0.1, 0.15) is 12.6 Å². The van der Waals surface area contributed by atoms with Gasteiger partial charge in [0, 0.05) is 17.6 Å². The number of benzene rings is 2. The molecule has 0 saturated heterocycles. The van der Waals surface area contributed by atoms with Gasteiger partial charge in [-0.3, -0.25) is 13.9 Å². The van der Waals surface area contributed by atoms with Crippen molar-refractivity contribution in [3.63, 3.8) is 0 Å². The smallest absolute Gasteiger partial charge is 0.244 e. The molecule has 2 atom stereocenters. The molecule has 0 bridgehead atoms. The Morgan fingerprint density at radius 3 is 2.15 bits per heavy atom. The summed E-state index contributed by atoms with van der Waals surface area (Å²) in [4.78, 5) is 28.0. The first-order valence-electron chi connectivity index (χ1n) is 10.9. The average Bonchev–Trinajstić information content (AvgIpc) is 2.78. The Hall–Kier alpha value is -2.58. The van der Waals surface area contributed by atoms with Gasteiger partial charge in [0.15, 0.2) is 0 Å². The first kappa shape index (κ1) is 26.7. The van der Waals surface area contributed by atoms with Crippen molar-refractivity contribution in [3.8, 4) is 0 Å². The van der Waals surface area contributed by atoms with Crippen molar-refractivity contribution in [2.24, 2.45) is 0 Å². The van der Waals surface area contributed by atoms with Crippen molar-refractivity contribution in [3.05, 3.63) is 65.2 Å². The summed E-state index contributed by atoms with van der Waals surface area (Å²) in [5.74, 6) is -0.770. The molecule has 7 nitrogen and oxygen atoms in total. The number of anilines is 1. The lowest BCUT2D eigenvalue weighted by Gasteiger charge is -2.33. The van der Waals surface area contributed by atoms with Crippen molar-refractivity contribution in [1.82, 2.24) is 10.2 Å². The molecular weight excluding hydrogens is 462 g/mol. The van der Waals surface area contributed by atoms with Crippen molar-refractivity contribution in [1.29, 1.82) is 0 Å². The summed E-state index contributed by atoms with van der Waals surface area (Å²) in [5.41, 5.74) is 1.05. The molecule has 33 heavy (non-hydrogen) atoms. The molecule has 2 rings (SSSR count). The van der Waals surface area contributed by atoms with E-state index in [0.717, 1.165) is 17.0 Å². The van der Waals surface area contributed by atoms with E-state index in [1.54, 1.807) is 54.6 Å². The zero-order valence-electron chi connectivity index (χ0n) is 19.5. The summed E-state index contributed by atoms with van der Waals surface area (Å²) in [7, 11) is -3.74. The van der Waals surface area contributed by atoms with Gasteiger partial charge < -0.3 is 10.2 Å². The summed E-state index contributed by atoms with van der Waals surface area (Å²) in [6, 6.07) is 14.7. The number of sulfonamides is 1. The Labute approximate surface area is 201 Å². The van der Waals surface area contributed by atoms with Crippen LogP contribution < -0.4 is 9.62 Å². The van der Waals surface area contributed by atoms with Gasteiger partial charge in [-0.1, -0.05) is 61.8 Å². The second-order valence-corrected chi connectivity index (χ2v) is 10.3. The van der Waals surface area contributed by atoms with E-state index in [2.05, 4.69) is 5.32 Å². The molecular formula is C24H32ClN3O4S. The Bertz CT molecular complexity index is 1050. The number of para-hydroxylation sites is 1. The lowest BCUT2D eigenvalue weighted by atomic mass is 10.1. The molecule has 0 aliphatic carbocycles. The van der Waals surface area contributed by atoms with Crippen molar-refractivity contribution in [2.75, 3.05) is 17.1 Å². The van der Waals surface area contributed by atoms with Crippen molar-refractivity contribution < 1.29 is 18.0 Å². The topological polar surface area (TPSA) is 86.8 Å². The minimum Gasteiger partial charge on any atom is -0.352 e. The van der Waals surface area contributed by atoms with Crippen LogP contribution in [0.2, 0.25) is 5.02 Å². The van der Waals surface area contributed by atoms with Crippen LogP contribution in [-0.2, 0) is 26.2 Å². The summed E-state index contributed by atoms with van der Waals surface area (Å²) in [5, 5.41) is 3.40. The second-order valence-electron chi connectivity index (χ2n) is 7.96. The third-order valence-electron chi connectivity index (χ3n) is 5.41. The number of hydrogen-bond donors (Lipinski definition) is 1. The van der Waals surface area contributed by atoms with Crippen LogP contribution in [-0.4, -0.2) is 50.0 Å². The van der Waals surface area contributed by atoms with Gasteiger partial charge in [0.2, 0.25) is 21.8 Å². The highest BCUT2D eigenvalue weighted by atomic mass is 35.5. The maximum Gasteiger partial charge on any atom is 0.244 e. The number of nitrogens with zero attached hydrogens (tertiary/aromatic N) is 2. The predicted octanol–water partition coefficient (Wildman–Crippen LogP) is 3.83. The van der Waals surface area contributed by atoms with Crippen LogP contribution in [0.5, 0.6) is 0 Å². The van der Waals surface area contributed by atoms with E-state index in [0.29, 0.717) is 22.7 Å². The molecule has 0 aromatic heterocycles. The number of rotatable bonds is 11. The van der Waals surface area contributed by atoms with Gasteiger partial charge in [-0.05, 0) is 43.5 Å². The lowest BCUT2D eigenvalue weighted by Crippen LogP contribution is -2.53. The molecule has 2 amide bonds. The summed E-state index contributed by atoms with van der Waals surface area (Å²) in [6.45, 7) is 5.32. The fourth-order valence-corrected chi connectivity index (χ4v) is 4.42. The third-order valence-corrected chi connectivity index (χ3v) is 6.92. The molecule has 9 heteroatoms. The van der Waals surface area contributed by atoms with Gasteiger partial charge in [-0.15, -0.1) is 0 Å². The standard InChI is InChI=1S/C24H32ClN3O4S/c1-5-18(3)26-24(30)22(6-2)27(16-19-12-10-11-15-21(19)25)23(29)17-28(33(4,31)32)20-13-8-7-9-14-20/h7-15,18,22H,5-6,16-17H2,1-4H3,(H,26,30)/t18-,22-/m0/s1. The van der Waals surface area contributed by atoms with E-state index in [1.165, 1.54) is 4.90 Å². The molecule has 0 spiro atoms. The molecule has 0 aliphatic heterocycles. The highest BCUT2D eigenvalue weighted by Crippen LogP contribution is 2.22. The first-order chi connectivity index (χ1) is 15.6. The van der Waals surface area contributed by atoms with Crippen molar-refractivity contribution >= 4 is 39.1 Å². The first-order valence-corrected chi connectivity index (χ1v) is 13.2. The number of nitrogens with one attached hydrogen (secondary N) is 1. The van der Waals surface area contributed by atoms with Gasteiger partial charge in [-0.2, -0.15) is 0 Å². The number of halogens is 1. The van der Waals surface area contributed by atoms with Crippen molar-refractivity contribution in [2.45, 2.75) is 52.2 Å². The van der Waals surface area contributed by atoms with Crippen LogP contribution >= 0.6 is 11.6 Å². The monoisotopic (exact) mass is 493 g/mol. The molecule has 0 radical (unpaired) electrons. The number of carbonyl (C=O) groups is 2. The second kappa shape index (κ2) is 12.0. The van der Waals surface area contributed by atoms with E-state index >= 15 is 0 Å². The SMILES string of the molecule is CC[C@H](C)NC(=O)[C@H](CC)N(Cc1ccccc1Cl)C(=O)CN(c1ccccc1)S(C)(=O)=O. The summed E-state index contributed by atoms with van der Waals surface area (Å²) >= 11 is 6.34. The zero-order chi connectivity index (χ0) is 24.6. The highest BCUT2D eigenvalue weighted by Gasteiger charge is 2.32. The van der Waals surface area contributed by atoms with Crippen LogP contribution in [0, 0.1) is 0 Å². The average molecular weight is 494 g/mol. The van der Waals surface area contributed by atoms with E-state index in [1.807, 2.05) is 20.8 Å². The van der Waals surface area contributed by atoms with E-state index in [4.69, 9.17) is 11.6 Å². The van der Waals surface area contributed by atoms with E-state index < -0.39 is 28.5 Å². The molecule has 1 N–H and O–H groups in total.